The molecule has 1 aromatic carbocycles. The molecule has 0 saturated heterocycles. The van der Waals surface area contributed by atoms with Crippen LogP contribution in [0.15, 0.2) is 48.9 Å². The quantitative estimate of drug-likeness (QED) is 0.748. The van der Waals surface area contributed by atoms with E-state index in [1.807, 2.05) is 23.0 Å². The summed E-state index contributed by atoms with van der Waals surface area (Å²) in [6.07, 6.45) is 5.40. The minimum absolute atomic E-state index is 0.109. The number of carbonyl (C=O) groups is 1. The molecule has 7 heteroatoms. The summed E-state index contributed by atoms with van der Waals surface area (Å²) in [5.74, 6) is 0.440. The molecule has 0 aliphatic rings. The normalized spacial score (nSPS) is 10.8. The van der Waals surface area contributed by atoms with Crippen LogP contribution in [-0.2, 0) is 17.9 Å². The zero-order valence-corrected chi connectivity index (χ0v) is 14.1. The van der Waals surface area contributed by atoms with Crippen molar-refractivity contribution in [3.05, 3.63) is 65.1 Å². The van der Waals surface area contributed by atoms with Gasteiger partial charge in [0.05, 0.1) is 17.8 Å². The maximum atomic E-state index is 12.0. The predicted octanol–water partition coefficient (Wildman–Crippen LogP) is 3.12. The van der Waals surface area contributed by atoms with Gasteiger partial charge in [0.1, 0.15) is 0 Å². The van der Waals surface area contributed by atoms with Crippen LogP contribution in [0.4, 0.5) is 5.82 Å². The number of halogens is 1. The zero-order valence-electron chi connectivity index (χ0n) is 13.3. The van der Waals surface area contributed by atoms with Crippen LogP contribution in [0.1, 0.15) is 17.5 Å². The molecule has 2 heterocycles. The zero-order chi connectivity index (χ0) is 16.9. The van der Waals surface area contributed by atoms with Crippen molar-refractivity contribution in [2.75, 3.05) is 5.32 Å². The lowest BCUT2D eigenvalue weighted by Crippen LogP contribution is -2.15. The number of hydrogen-bond donors (Lipinski definition) is 1. The van der Waals surface area contributed by atoms with Gasteiger partial charge in [0.25, 0.3) is 0 Å². The molecule has 0 aliphatic carbocycles. The summed E-state index contributed by atoms with van der Waals surface area (Å²) >= 11 is 5.79. The number of amides is 1. The third kappa shape index (κ3) is 4.23. The summed E-state index contributed by atoms with van der Waals surface area (Å²) in [6, 6.07) is 9.96. The lowest BCUT2D eigenvalue weighted by atomic mass is 10.1. The van der Waals surface area contributed by atoms with Crippen molar-refractivity contribution < 1.29 is 4.79 Å². The Bertz CT molecular complexity index is 839. The van der Waals surface area contributed by atoms with Crippen molar-refractivity contribution in [3.8, 4) is 0 Å². The van der Waals surface area contributed by atoms with E-state index >= 15 is 0 Å². The van der Waals surface area contributed by atoms with Crippen LogP contribution in [0.5, 0.6) is 0 Å². The van der Waals surface area contributed by atoms with Crippen molar-refractivity contribution in [2.45, 2.75) is 26.4 Å². The summed E-state index contributed by atoms with van der Waals surface area (Å²) in [5, 5.41) is 11.8. The summed E-state index contributed by atoms with van der Waals surface area (Å²) in [7, 11) is 0. The fraction of sp³-hybridized carbons (Fsp3) is 0.235. The van der Waals surface area contributed by atoms with Crippen molar-refractivity contribution >= 4 is 23.3 Å². The molecule has 0 aliphatic heterocycles. The smallest absolute Gasteiger partial charge is 0.227 e. The summed E-state index contributed by atoms with van der Waals surface area (Å²) < 4.78 is 3.45. The van der Waals surface area contributed by atoms with Crippen LogP contribution in [0.3, 0.4) is 0 Å². The van der Waals surface area contributed by atoms with Gasteiger partial charge in [-0.2, -0.15) is 10.2 Å². The number of hydrogen-bond acceptors (Lipinski definition) is 3. The van der Waals surface area contributed by atoms with Gasteiger partial charge < -0.3 is 5.32 Å². The Morgan fingerprint density at radius 1 is 1.25 bits per heavy atom. The first-order valence-corrected chi connectivity index (χ1v) is 8.04. The molecule has 0 fully saturated rings. The molecule has 124 valence electrons. The molecule has 1 amide bonds. The van der Waals surface area contributed by atoms with Crippen molar-refractivity contribution in [1.29, 1.82) is 0 Å². The highest BCUT2D eigenvalue weighted by Crippen LogP contribution is 2.11. The van der Waals surface area contributed by atoms with Crippen LogP contribution >= 0.6 is 11.6 Å². The number of carbonyl (C=O) groups excluding carboxylic acids is 1. The SMILES string of the molecule is Cc1ccccc1Cn1ccc(NC(=O)CCn2cc(Cl)cn2)n1. The van der Waals surface area contributed by atoms with E-state index in [-0.39, 0.29) is 5.91 Å². The minimum atomic E-state index is -0.109. The monoisotopic (exact) mass is 343 g/mol. The summed E-state index contributed by atoms with van der Waals surface area (Å²) in [6.45, 7) is 3.22. The molecule has 0 radical (unpaired) electrons. The molecule has 0 saturated carbocycles. The van der Waals surface area contributed by atoms with E-state index < -0.39 is 0 Å². The topological polar surface area (TPSA) is 64.7 Å². The van der Waals surface area contributed by atoms with E-state index in [2.05, 4.69) is 34.6 Å². The Morgan fingerprint density at radius 3 is 2.83 bits per heavy atom. The number of aromatic nitrogens is 4. The van der Waals surface area contributed by atoms with E-state index in [1.165, 1.54) is 11.1 Å². The minimum Gasteiger partial charge on any atom is -0.309 e. The lowest BCUT2D eigenvalue weighted by Gasteiger charge is -2.06. The van der Waals surface area contributed by atoms with E-state index in [0.29, 0.717) is 30.4 Å². The van der Waals surface area contributed by atoms with Gasteiger partial charge in [-0.25, -0.2) is 0 Å². The van der Waals surface area contributed by atoms with Gasteiger partial charge in [-0.15, -0.1) is 0 Å². The Labute approximate surface area is 145 Å². The molecule has 3 aromatic rings. The fourth-order valence-corrected chi connectivity index (χ4v) is 2.52. The molecular formula is C17H18ClN5O. The molecule has 24 heavy (non-hydrogen) atoms. The van der Waals surface area contributed by atoms with Crippen LogP contribution in [0.2, 0.25) is 5.02 Å². The average Bonchev–Trinajstić information content (AvgIpc) is 3.17. The Hall–Kier alpha value is -2.60. The van der Waals surface area contributed by atoms with E-state index in [4.69, 9.17) is 11.6 Å². The predicted molar refractivity (Wildman–Crippen MR) is 93.0 cm³/mol. The van der Waals surface area contributed by atoms with Crippen LogP contribution in [0, 0.1) is 6.92 Å². The maximum Gasteiger partial charge on any atom is 0.227 e. The second kappa shape index (κ2) is 7.31. The third-order valence-electron chi connectivity index (χ3n) is 3.67. The summed E-state index contributed by atoms with van der Waals surface area (Å²) in [5.41, 5.74) is 2.42. The van der Waals surface area contributed by atoms with Gasteiger partial charge in [-0.1, -0.05) is 35.9 Å². The summed E-state index contributed by atoms with van der Waals surface area (Å²) in [4.78, 5) is 12.0. The van der Waals surface area contributed by atoms with E-state index in [0.717, 1.165) is 0 Å². The van der Waals surface area contributed by atoms with Gasteiger partial charge in [0.15, 0.2) is 5.82 Å². The Morgan fingerprint density at radius 2 is 2.08 bits per heavy atom. The van der Waals surface area contributed by atoms with Gasteiger partial charge in [0.2, 0.25) is 5.91 Å². The fourth-order valence-electron chi connectivity index (χ4n) is 2.36. The molecule has 0 unspecified atom stereocenters. The van der Waals surface area contributed by atoms with Gasteiger partial charge in [0, 0.05) is 31.4 Å². The number of rotatable bonds is 6. The van der Waals surface area contributed by atoms with Crippen LogP contribution in [-0.4, -0.2) is 25.5 Å². The molecule has 6 nitrogen and oxygen atoms in total. The second-order valence-electron chi connectivity index (χ2n) is 5.54. The number of benzene rings is 1. The molecule has 0 atom stereocenters. The largest absolute Gasteiger partial charge is 0.309 e. The Balaban J connectivity index is 1.53. The first-order chi connectivity index (χ1) is 11.6. The van der Waals surface area contributed by atoms with Crippen molar-refractivity contribution in [2.24, 2.45) is 0 Å². The molecule has 3 rings (SSSR count). The molecular weight excluding hydrogens is 326 g/mol. The maximum absolute atomic E-state index is 12.0. The van der Waals surface area contributed by atoms with Gasteiger partial charge in [-0.05, 0) is 18.1 Å². The van der Waals surface area contributed by atoms with Crippen molar-refractivity contribution in [3.63, 3.8) is 0 Å². The highest BCUT2D eigenvalue weighted by Gasteiger charge is 2.07. The van der Waals surface area contributed by atoms with Crippen LogP contribution in [0.25, 0.3) is 0 Å². The third-order valence-corrected chi connectivity index (χ3v) is 3.87. The molecule has 0 spiro atoms. The van der Waals surface area contributed by atoms with E-state index in [1.54, 1.807) is 23.1 Å². The molecule has 0 bridgehead atoms. The van der Waals surface area contributed by atoms with Crippen LogP contribution < -0.4 is 5.32 Å². The van der Waals surface area contributed by atoms with Gasteiger partial charge in [-0.3, -0.25) is 14.2 Å². The first kappa shape index (κ1) is 16.3. The average molecular weight is 344 g/mol. The number of nitrogens with one attached hydrogen (secondary N) is 1. The Kier molecular flexibility index (Phi) is 4.96. The number of aryl methyl sites for hydroxylation is 2. The lowest BCUT2D eigenvalue weighted by molar-refractivity contribution is -0.116. The number of anilines is 1. The van der Waals surface area contributed by atoms with Crippen molar-refractivity contribution in [1.82, 2.24) is 19.6 Å². The highest BCUT2D eigenvalue weighted by atomic mass is 35.5. The molecule has 1 N–H and O–H groups in total. The highest BCUT2D eigenvalue weighted by molar-refractivity contribution is 6.30. The standard InChI is InChI=1S/C17H18ClN5O/c1-13-4-2-3-5-14(13)11-23-8-6-16(21-23)20-17(24)7-9-22-12-15(18)10-19-22/h2-6,8,10,12H,7,9,11H2,1H3,(H,20,21,24). The second-order valence-corrected chi connectivity index (χ2v) is 5.98. The number of nitrogens with zero attached hydrogens (tertiary/aromatic N) is 4. The van der Waals surface area contributed by atoms with E-state index in [9.17, 15) is 4.79 Å². The first-order valence-electron chi connectivity index (χ1n) is 7.66. The molecule has 2 aromatic heterocycles. The van der Waals surface area contributed by atoms with Gasteiger partial charge >= 0.3 is 0 Å².